The first-order valence-corrected chi connectivity index (χ1v) is 6.97. The van der Waals surface area contributed by atoms with Crippen molar-refractivity contribution in [2.45, 2.75) is 46.3 Å². The lowest BCUT2D eigenvalue weighted by Crippen LogP contribution is -2.24. The monoisotopic (exact) mass is 260 g/mol. The molecule has 1 heterocycles. The summed E-state index contributed by atoms with van der Waals surface area (Å²) in [5.74, 6) is 0. The maximum atomic E-state index is 5.56. The standard InChI is InChI=1S/C14H28O4/c1-14(2,3)12-16-9-8-15-10-11-18-13-6-4-5-7-17-13/h13H,4-12H2,1-3H3. The highest BCUT2D eigenvalue weighted by Crippen LogP contribution is 2.13. The average molecular weight is 260 g/mol. The largest absolute Gasteiger partial charge is 0.379 e. The summed E-state index contributed by atoms with van der Waals surface area (Å²) >= 11 is 0. The van der Waals surface area contributed by atoms with Crippen LogP contribution in [0.15, 0.2) is 0 Å². The zero-order valence-corrected chi connectivity index (χ0v) is 12.1. The van der Waals surface area contributed by atoms with Crippen molar-refractivity contribution in [3.63, 3.8) is 0 Å². The molecule has 1 atom stereocenters. The summed E-state index contributed by atoms with van der Waals surface area (Å²) in [6.45, 7) is 10.6. The fourth-order valence-corrected chi connectivity index (χ4v) is 1.68. The van der Waals surface area contributed by atoms with E-state index in [2.05, 4.69) is 20.8 Å². The first kappa shape index (κ1) is 15.9. The van der Waals surface area contributed by atoms with Gasteiger partial charge in [-0.2, -0.15) is 0 Å². The van der Waals surface area contributed by atoms with Crippen LogP contribution in [0.1, 0.15) is 40.0 Å². The quantitative estimate of drug-likeness (QED) is 0.629. The maximum absolute atomic E-state index is 5.56. The van der Waals surface area contributed by atoms with Crippen LogP contribution in [-0.2, 0) is 18.9 Å². The van der Waals surface area contributed by atoms with Crippen LogP contribution in [0.25, 0.3) is 0 Å². The molecule has 0 spiro atoms. The van der Waals surface area contributed by atoms with Crippen LogP contribution < -0.4 is 0 Å². The predicted octanol–water partition coefficient (Wildman–Crippen LogP) is 2.61. The highest BCUT2D eigenvalue weighted by molar-refractivity contribution is 4.58. The van der Waals surface area contributed by atoms with E-state index in [0.717, 1.165) is 26.1 Å². The lowest BCUT2D eigenvalue weighted by atomic mass is 9.99. The van der Waals surface area contributed by atoms with Crippen molar-refractivity contribution >= 4 is 0 Å². The molecular formula is C14H28O4. The van der Waals surface area contributed by atoms with Crippen LogP contribution in [0.5, 0.6) is 0 Å². The molecule has 0 aliphatic carbocycles. The first-order valence-electron chi connectivity index (χ1n) is 6.97. The predicted molar refractivity (Wildman–Crippen MR) is 70.6 cm³/mol. The molecular weight excluding hydrogens is 232 g/mol. The van der Waals surface area contributed by atoms with Crippen molar-refractivity contribution in [2.24, 2.45) is 5.41 Å². The SMILES string of the molecule is CC(C)(C)COCCOCCOC1CCCCO1. The third-order valence-electron chi connectivity index (χ3n) is 2.58. The van der Waals surface area contributed by atoms with Gasteiger partial charge in [0.2, 0.25) is 0 Å². The van der Waals surface area contributed by atoms with Crippen molar-refractivity contribution in [1.29, 1.82) is 0 Å². The normalized spacial score (nSPS) is 21.2. The molecule has 0 aromatic carbocycles. The topological polar surface area (TPSA) is 36.9 Å². The van der Waals surface area contributed by atoms with E-state index >= 15 is 0 Å². The molecule has 4 nitrogen and oxygen atoms in total. The molecule has 0 N–H and O–H groups in total. The van der Waals surface area contributed by atoms with Gasteiger partial charge in [0.05, 0.1) is 33.0 Å². The summed E-state index contributed by atoms with van der Waals surface area (Å²) in [5, 5.41) is 0. The smallest absolute Gasteiger partial charge is 0.157 e. The Bertz CT molecular complexity index is 194. The molecule has 0 aromatic heterocycles. The van der Waals surface area contributed by atoms with Gasteiger partial charge in [-0.1, -0.05) is 20.8 Å². The minimum Gasteiger partial charge on any atom is -0.379 e. The molecule has 0 bridgehead atoms. The van der Waals surface area contributed by atoms with Gasteiger partial charge in [0.25, 0.3) is 0 Å². The van der Waals surface area contributed by atoms with Crippen LogP contribution >= 0.6 is 0 Å². The zero-order valence-electron chi connectivity index (χ0n) is 12.1. The fourth-order valence-electron chi connectivity index (χ4n) is 1.68. The van der Waals surface area contributed by atoms with Crippen LogP contribution in [0.4, 0.5) is 0 Å². The second kappa shape index (κ2) is 8.86. The molecule has 0 aromatic rings. The van der Waals surface area contributed by atoms with E-state index in [-0.39, 0.29) is 11.7 Å². The van der Waals surface area contributed by atoms with E-state index in [9.17, 15) is 0 Å². The number of hydrogen-bond acceptors (Lipinski definition) is 4. The maximum Gasteiger partial charge on any atom is 0.157 e. The number of rotatable bonds is 8. The van der Waals surface area contributed by atoms with Gasteiger partial charge in [-0.15, -0.1) is 0 Å². The Kier molecular flexibility index (Phi) is 7.82. The molecule has 4 heteroatoms. The highest BCUT2D eigenvalue weighted by atomic mass is 16.7. The van der Waals surface area contributed by atoms with Gasteiger partial charge >= 0.3 is 0 Å². The Morgan fingerprint density at radius 1 is 1.00 bits per heavy atom. The van der Waals surface area contributed by atoms with Crippen LogP contribution in [-0.4, -0.2) is 45.9 Å². The van der Waals surface area contributed by atoms with Gasteiger partial charge in [0.1, 0.15) is 0 Å². The Morgan fingerprint density at radius 3 is 2.39 bits per heavy atom. The van der Waals surface area contributed by atoms with Crippen molar-refractivity contribution in [1.82, 2.24) is 0 Å². The molecule has 1 unspecified atom stereocenters. The Hall–Kier alpha value is -0.160. The minimum atomic E-state index is -0.0144. The van der Waals surface area contributed by atoms with Crippen molar-refractivity contribution < 1.29 is 18.9 Å². The first-order chi connectivity index (χ1) is 8.58. The highest BCUT2D eigenvalue weighted by Gasteiger charge is 2.13. The third-order valence-corrected chi connectivity index (χ3v) is 2.58. The van der Waals surface area contributed by atoms with E-state index < -0.39 is 0 Å². The molecule has 108 valence electrons. The van der Waals surface area contributed by atoms with Crippen LogP contribution in [0, 0.1) is 5.41 Å². The van der Waals surface area contributed by atoms with Crippen molar-refractivity contribution in [3.8, 4) is 0 Å². The van der Waals surface area contributed by atoms with Gasteiger partial charge in [-0.05, 0) is 24.7 Å². The molecule has 0 saturated carbocycles. The molecule has 1 rings (SSSR count). The lowest BCUT2D eigenvalue weighted by Gasteiger charge is -2.22. The van der Waals surface area contributed by atoms with Gasteiger partial charge in [-0.3, -0.25) is 0 Å². The second-order valence-electron chi connectivity index (χ2n) is 5.89. The molecule has 1 fully saturated rings. The van der Waals surface area contributed by atoms with Gasteiger partial charge < -0.3 is 18.9 Å². The number of hydrogen-bond donors (Lipinski definition) is 0. The van der Waals surface area contributed by atoms with E-state index in [4.69, 9.17) is 18.9 Å². The van der Waals surface area contributed by atoms with Crippen LogP contribution in [0.2, 0.25) is 0 Å². The van der Waals surface area contributed by atoms with E-state index in [1.807, 2.05) is 0 Å². The van der Waals surface area contributed by atoms with E-state index in [0.29, 0.717) is 26.4 Å². The van der Waals surface area contributed by atoms with Crippen molar-refractivity contribution in [2.75, 3.05) is 39.6 Å². The van der Waals surface area contributed by atoms with E-state index in [1.54, 1.807) is 0 Å². The fraction of sp³-hybridized carbons (Fsp3) is 1.00. The Morgan fingerprint density at radius 2 is 1.72 bits per heavy atom. The molecule has 0 amide bonds. The molecule has 18 heavy (non-hydrogen) atoms. The molecule has 0 radical (unpaired) electrons. The Labute approximate surface area is 111 Å². The summed E-state index contributed by atoms with van der Waals surface area (Å²) in [6.07, 6.45) is 3.35. The van der Waals surface area contributed by atoms with Gasteiger partial charge in [0.15, 0.2) is 6.29 Å². The van der Waals surface area contributed by atoms with Crippen molar-refractivity contribution in [3.05, 3.63) is 0 Å². The van der Waals surface area contributed by atoms with Gasteiger partial charge in [-0.25, -0.2) is 0 Å². The summed E-state index contributed by atoms with van der Waals surface area (Å²) in [5.41, 5.74) is 0.224. The van der Waals surface area contributed by atoms with Gasteiger partial charge in [0, 0.05) is 6.61 Å². The molecule has 1 saturated heterocycles. The molecule has 1 aliphatic rings. The summed E-state index contributed by atoms with van der Waals surface area (Å²) < 4.78 is 22.0. The van der Waals surface area contributed by atoms with E-state index in [1.165, 1.54) is 6.42 Å². The van der Waals surface area contributed by atoms with Crippen LogP contribution in [0.3, 0.4) is 0 Å². The second-order valence-corrected chi connectivity index (χ2v) is 5.89. The average Bonchev–Trinajstić information content (AvgIpc) is 2.32. The minimum absolute atomic E-state index is 0.0144. The summed E-state index contributed by atoms with van der Waals surface area (Å²) in [4.78, 5) is 0. The lowest BCUT2D eigenvalue weighted by molar-refractivity contribution is -0.169. The number of ether oxygens (including phenoxy) is 4. The molecule has 1 aliphatic heterocycles. The third kappa shape index (κ3) is 8.86. The summed E-state index contributed by atoms with van der Waals surface area (Å²) in [6, 6.07) is 0. The summed E-state index contributed by atoms with van der Waals surface area (Å²) in [7, 11) is 0. The zero-order chi connectivity index (χ0) is 13.3. The Balaban J connectivity index is 1.81.